The van der Waals surface area contributed by atoms with Gasteiger partial charge in [0.05, 0.1) is 17.8 Å². The van der Waals surface area contributed by atoms with E-state index >= 15 is 0 Å². The number of nitrogens with zero attached hydrogens (tertiary/aromatic N) is 4. The Morgan fingerprint density at radius 2 is 1.94 bits per heavy atom. The van der Waals surface area contributed by atoms with Crippen LogP contribution in [0.2, 0.25) is 5.02 Å². The molecule has 0 saturated heterocycles. The highest BCUT2D eigenvalue weighted by Crippen LogP contribution is 2.36. The molecule has 0 unspecified atom stereocenters. The number of fused-ring (bicyclic) bond motifs is 1. The molecule has 0 bridgehead atoms. The Labute approximate surface area is 186 Å². The molecule has 1 saturated carbocycles. The molecule has 3 aliphatic rings. The molecule has 8 heteroatoms. The number of alkyl halides is 2. The quantitative estimate of drug-likeness (QED) is 0.570. The van der Waals surface area contributed by atoms with Gasteiger partial charge in [-0.15, -0.1) is 0 Å². The summed E-state index contributed by atoms with van der Waals surface area (Å²) in [6.07, 6.45) is 6.01. The molecule has 0 spiro atoms. The molecular formula is C23H27ClF2N4O. The summed E-state index contributed by atoms with van der Waals surface area (Å²) in [6, 6.07) is 5.48. The normalized spacial score (nSPS) is 21.1. The van der Waals surface area contributed by atoms with Crippen molar-refractivity contribution in [1.29, 1.82) is 0 Å². The molecule has 1 aliphatic carbocycles. The third-order valence-electron chi connectivity index (χ3n) is 5.77. The van der Waals surface area contributed by atoms with E-state index in [1.165, 1.54) is 0 Å². The maximum absolute atomic E-state index is 13.3. The second-order valence-electron chi connectivity index (χ2n) is 8.02. The molecule has 5 nitrogen and oxygen atoms in total. The van der Waals surface area contributed by atoms with Gasteiger partial charge < -0.3 is 14.5 Å². The molecule has 31 heavy (non-hydrogen) atoms. The minimum absolute atomic E-state index is 0.136. The number of hydrogen-bond acceptors (Lipinski definition) is 5. The Morgan fingerprint density at radius 1 is 1.16 bits per heavy atom. The Balaban J connectivity index is 1.42. The fourth-order valence-corrected chi connectivity index (χ4v) is 4.13. The second kappa shape index (κ2) is 8.99. The van der Waals surface area contributed by atoms with Crippen molar-refractivity contribution in [2.75, 3.05) is 19.8 Å². The van der Waals surface area contributed by atoms with Gasteiger partial charge in [0.25, 0.3) is 0 Å². The van der Waals surface area contributed by atoms with Gasteiger partial charge in [-0.2, -0.15) is 0 Å². The first kappa shape index (κ1) is 21.8. The molecule has 1 fully saturated rings. The van der Waals surface area contributed by atoms with Crippen LogP contribution < -0.4 is 4.74 Å². The maximum Gasteiger partial charge on any atom is 0.248 e. The van der Waals surface area contributed by atoms with E-state index in [9.17, 15) is 8.78 Å². The summed E-state index contributed by atoms with van der Waals surface area (Å²) in [5.74, 6) is -0.480. The average Bonchev–Trinajstić information content (AvgIpc) is 3.17. The number of aliphatic imine (C=N–C) groups is 2. The Hall–Kier alpha value is -2.41. The smallest absolute Gasteiger partial charge is 0.248 e. The highest BCUT2D eigenvalue weighted by molar-refractivity contribution is 6.32. The number of halogens is 3. The number of hydrogen-bond donors (Lipinski definition) is 0. The van der Waals surface area contributed by atoms with Crippen molar-refractivity contribution in [1.82, 2.24) is 9.80 Å². The molecule has 0 N–H and O–H groups in total. The largest absolute Gasteiger partial charge is 0.489 e. The molecule has 0 amide bonds. The molecule has 4 rings (SSSR count). The van der Waals surface area contributed by atoms with Gasteiger partial charge in [-0.05, 0) is 50.5 Å². The van der Waals surface area contributed by atoms with Crippen LogP contribution in [0.3, 0.4) is 0 Å². The summed E-state index contributed by atoms with van der Waals surface area (Å²) in [6.45, 7) is 6.83. The van der Waals surface area contributed by atoms with Crippen LogP contribution in [0.1, 0.15) is 45.1 Å². The Kier molecular flexibility index (Phi) is 6.32. The van der Waals surface area contributed by atoms with Crippen molar-refractivity contribution in [2.45, 2.75) is 51.6 Å². The van der Waals surface area contributed by atoms with E-state index in [-0.39, 0.29) is 18.9 Å². The lowest BCUT2D eigenvalue weighted by molar-refractivity contribution is -0.0582. The number of rotatable bonds is 6. The van der Waals surface area contributed by atoms with E-state index in [0.29, 0.717) is 29.4 Å². The molecule has 0 aromatic heterocycles. The van der Waals surface area contributed by atoms with Crippen molar-refractivity contribution < 1.29 is 13.5 Å². The zero-order valence-corrected chi connectivity index (χ0v) is 18.6. The van der Waals surface area contributed by atoms with Crippen LogP contribution in [0.15, 0.2) is 46.2 Å². The first-order chi connectivity index (χ1) is 14.9. The maximum atomic E-state index is 13.3. The van der Waals surface area contributed by atoms with E-state index in [1.807, 2.05) is 18.2 Å². The SMILES string of the molecule is CCN1C=C2N=C(/C=C/c3ccc(OC4CCC(F)(F)CC4)c(Cl)c3)N=C2N(CC)C1. The van der Waals surface area contributed by atoms with E-state index in [0.717, 1.165) is 36.9 Å². The molecular weight excluding hydrogens is 422 g/mol. The van der Waals surface area contributed by atoms with E-state index < -0.39 is 5.92 Å². The molecule has 1 aromatic carbocycles. The van der Waals surface area contributed by atoms with Crippen molar-refractivity contribution in [3.8, 4) is 5.75 Å². The molecule has 0 atom stereocenters. The fourth-order valence-electron chi connectivity index (χ4n) is 3.90. The van der Waals surface area contributed by atoms with Crippen LogP contribution in [0.5, 0.6) is 5.75 Å². The van der Waals surface area contributed by atoms with Gasteiger partial charge in [0, 0.05) is 32.1 Å². The van der Waals surface area contributed by atoms with E-state index in [2.05, 4.69) is 39.8 Å². The zero-order chi connectivity index (χ0) is 22.0. The van der Waals surface area contributed by atoms with Crippen LogP contribution in [0.4, 0.5) is 8.78 Å². The highest BCUT2D eigenvalue weighted by Gasteiger charge is 2.35. The van der Waals surface area contributed by atoms with Gasteiger partial charge in [-0.1, -0.05) is 23.7 Å². The second-order valence-corrected chi connectivity index (χ2v) is 8.43. The number of benzene rings is 1. The van der Waals surface area contributed by atoms with Crippen molar-refractivity contribution in [2.24, 2.45) is 9.98 Å². The zero-order valence-electron chi connectivity index (χ0n) is 17.8. The molecule has 1 aromatic rings. The molecule has 2 aliphatic heterocycles. The van der Waals surface area contributed by atoms with Gasteiger partial charge in [0.2, 0.25) is 5.92 Å². The third-order valence-corrected chi connectivity index (χ3v) is 6.06. The summed E-state index contributed by atoms with van der Waals surface area (Å²) in [5, 5.41) is 0.464. The molecule has 2 heterocycles. The van der Waals surface area contributed by atoms with Gasteiger partial charge in [0.1, 0.15) is 11.4 Å². The first-order valence-electron chi connectivity index (χ1n) is 10.8. The van der Waals surface area contributed by atoms with E-state index in [1.54, 1.807) is 12.1 Å². The average molecular weight is 449 g/mol. The van der Waals surface area contributed by atoms with Crippen molar-refractivity contribution in [3.05, 3.63) is 46.8 Å². The van der Waals surface area contributed by atoms with Crippen LogP contribution in [-0.4, -0.2) is 53.3 Å². The van der Waals surface area contributed by atoms with Crippen LogP contribution >= 0.6 is 11.6 Å². The topological polar surface area (TPSA) is 40.4 Å². The fraction of sp³-hybridized carbons (Fsp3) is 0.478. The van der Waals surface area contributed by atoms with Crippen LogP contribution in [-0.2, 0) is 0 Å². The van der Waals surface area contributed by atoms with Gasteiger partial charge in [-0.25, -0.2) is 18.8 Å². The van der Waals surface area contributed by atoms with Gasteiger partial charge in [-0.3, -0.25) is 0 Å². The lowest BCUT2D eigenvalue weighted by atomic mass is 9.94. The van der Waals surface area contributed by atoms with Crippen molar-refractivity contribution in [3.63, 3.8) is 0 Å². The minimum atomic E-state index is -2.57. The Bertz CT molecular complexity index is 947. The summed E-state index contributed by atoms with van der Waals surface area (Å²) in [7, 11) is 0. The number of ether oxygens (including phenoxy) is 1. The predicted molar refractivity (Wildman–Crippen MR) is 121 cm³/mol. The lowest BCUT2D eigenvalue weighted by Crippen LogP contribution is -2.43. The van der Waals surface area contributed by atoms with E-state index in [4.69, 9.17) is 16.3 Å². The summed E-state index contributed by atoms with van der Waals surface area (Å²) >= 11 is 6.38. The summed E-state index contributed by atoms with van der Waals surface area (Å²) in [5.41, 5.74) is 1.77. The van der Waals surface area contributed by atoms with Crippen molar-refractivity contribution >= 4 is 29.3 Å². The monoisotopic (exact) mass is 448 g/mol. The molecule has 0 radical (unpaired) electrons. The first-order valence-corrected chi connectivity index (χ1v) is 11.2. The number of likely N-dealkylation sites (N-methyl/N-ethyl adjacent to an activating group) is 1. The minimum Gasteiger partial charge on any atom is -0.489 e. The van der Waals surface area contributed by atoms with Gasteiger partial charge >= 0.3 is 0 Å². The Morgan fingerprint density at radius 3 is 2.61 bits per heavy atom. The van der Waals surface area contributed by atoms with Gasteiger partial charge in [0.15, 0.2) is 11.7 Å². The molecule has 166 valence electrons. The standard InChI is InChI=1S/C23H27ClF2N4O/c1-3-29-14-19-22(30(4-2)15-29)28-21(27-19)8-6-16-5-7-20(18(24)13-16)31-17-9-11-23(25,26)12-10-17/h5-8,13-14,17H,3-4,9-12,15H2,1-2H3/b8-6+. The highest BCUT2D eigenvalue weighted by atomic mass is 35.5. The van der Waals surface area contributed by atoms with Crippen LogP contribution in [0, 0.1) is 0 Å². The lowest BCUT2D eigenvalue weighted by Gasteiger charge is -2.33. The third kappa shape index (κ3) is 5.09. The van der Waals surface area contributed by atoms with Crippen LogP contribution in [0.25, 0.3) is 6.08 Å². The summed E-state index contributed by atoms with van der Waals surface area (Å²) in [4.78, 5) is 13.7. The summed E-state index contributed by atoms with van der Waals surface area (Å²) < 4.78 is 32.5. The number of amidine groups is 2. The predicted octanol–water partition coefficient (Wildman–Crippen LogP) is 5.58.